The van der Waals surface area contributed by atoms with Crippen molar-refractivity contribution in [2.45, 2.75) is 51.6 Å². The normalized spacial score (nSPS) is 17.6. The molecule has 6 heteroatoms. The highest BCUT2D eigenvalue weighted by Crippen LogP contribution is 2.29. The van der Waals surface area contributed by atoms with E-state index in [2.05, 4.69) is 10.6 Å². The van der Waals surface area contributed by atoms with Gasteiger partial charge in [-0.05, 0) is 43.4 Å². The summed E-state index contributed by atoms with van der Waals surface area (Å²) in [5.74, 6) is -0.121. The Bertz CT molecular complexity index is 586. The Morgan fingerprint density at radius 1 is 1.13 bits per heavy atom. The standard InChI is InChI=1S/C17H22Cl2N2O2/c1-10(13-7-8-14(18)15(19)9-13)20-17(23)16(21-11(2)22)12-5-3-4-6-12/h7-10,12,16H,3-6H2,1-2H3,(H,20,23)(H,21,22). The summed E-state index contributed by atoms with van der Waals surface area (Å²) < 4.78 is 0. The molecule has 0 heterocycles. The molecule has 4 nitrogen and oxygen atoms in total. The molecule has 1 aromatic carbocycles. The van der Waals surface area contributed by atoms with Gasteiger partial charge in [0.2, 0.25) is 11.8 Å². The minimum absolute atomic E-state index is 0.148. The van der Waals surface area contributed by atoms with Gasteiger partial charge in [-0.1, -0.05) is 42.1 Å². The Balaban J connectivity index is 2.07. The van der Waals surface area contributed by atoms with Gasteiger partial charge in [0.25, 0.3) is 0 Å². The molecule has 1 aliphatic carbocycles. The van der Waals surface area contributed by atoms with Crippen molar-refractivity contribution in [2.24, 2.45) is 5.92 Å². The molecule has 1 saturated carbocycles. The quantitative estimate of drug-likeness (QED) is 0.841. The van der Waals surface area contributed by atoms with E-state index in [4.69, 9.17) is 23.2 Å². The molecule has 1 aromatic rings. The van der Waals surface area contributed by atoms with Crippen LogP contribution in [0.2, 0.25) is 10.0 Å². The number of halogens is 2. The second-order valence-electron chi connectivity index (χ2n) is 6.13. The van der Waals surface area contributed by atoms with E-state index in [1.165, 1.54) is 6.92 Å². The van der Waals surface area contributed by atoms with Crippen LogP contribution in [0, 0.1) is 5.92 Å². The molecule has 1 aliphatic rings. The summed E-state index contributed by atoms with van der Waals surface area (Å²) in [5.41, 5.74) is 0.876. The van der Waals surface area contributed by atoms with Gasteiger partial charge in [0, 0.05) is 6.92 Å². The molecular weight excluding hydrogens is 335 g/mol. The van der Waals surface area contributed by atoms with Gasteiger partial charge in [0.05, 0.1) is 16.1 Å². The second-order valence-corrected chi connectivity index (χ2v) is 6.94. The summed E-state index contributed by atoms with van der Waals surface area (Å²) in [6.45, 7) is 3.33. The van der Waals surface area contributed by atoms with Crippen LogP contribution in [0.15, 0.2) is 18.2 Å². The molecule has 0 radical (unpaired) electrons. The molecule has 0 spiro atoms. The number of hydrogen-bond donors (Lipinski definition) is 2. The van der Waals surface area contributed by atoms with Crippen molar-refractivity contribution >= 4 is 35.0 Å². The third-order valence-corrected chi connectivity index (χ3v) is 5.05. The molecule has 23 heavy (non-hydrogen) atoms. The molecule has 0 bridgehead atoms. The van der Waals surface area contributed by atoms with Crippen molar-refractivity contribution in [3.63, 3.8) is 0 Å². The number of rotatable bonds is 5. The van der Waals surface area contributed by atoms with Crippen molar-refractivity contribution < 1.29 is 9.59 Å². The van der Waals surface area contributed by atoms with E-state index >= 15 is 0 Å². The van der Waals surface area contributed by atoms with E-state index in [0.29, 0.717) is 10.0 Å². The van der Waals surface area contributed by atoms with Gasteiger partial charge in [-0.25, -0.2) is 0 Å². The summed E-state index contributed by atoms with van der Waals surface area (Å²) in [6, 6.07) is 4.61. The molecule has 2 rings (SSSR count). The smallest absolute Gasteiger partial charge is 0.243 e. The van der Waals surface area contributed by atoms with E-state index in [0.717, 1.165) is 31.2 Å². The number of nitrogens with one attached hydrogen (secondary N) is 2. The topological polar surface area (TPSA) is 58.2 Å². The molecule has 0 saturated heterocycles. The van der Waals surface area contributed by atoms with Gasteiger partial charge >= 0.3 is 0 Å². The molecule has 2 unspecified atom stereocenters. The SMILES string of the molecule is CC(=O)NC(C(=O)NC(C)c1ccc(Cl)c(Cl)c1)C1CCCC1. The zero-order chi connectivity index (χ0) is 17.0. The second kappa shape index (κ2) is 8.02. The Morgan fingerprint density at radius 2 is 1.78 bits per heavy atom. The van der Waals surface area contributed by atoms with Gasteiger partial charge in [-0.3, -0.25) is 9.59 Å². The Morgan fingerprint density at radius 3 is 2.35 bits per heavy atom. The van der Waals surface area contributed by atoms with Crippen LogP contribution in [-0.2, 0) is 9.59 Å². The van der Waals surface area contributed by atoms with Gasteiger partial charge in [0.15, 0.2) is 0 Å². The van der Waals surface area contributed by atoms with Crippen molar-refractivity contribution in [1.82, 2.24) is 10.6 Å². The lowest BCUT2D eigenvalue weighted by Gasteiger charge is -2.25. The van der Waals surface area contributed by atoms with E-state index in [1.807, 2.05) is 13.0 Å². The summed E-state index contributed by atoms with van der Waals surface area (Å²) >= 11 is 11.9. The monoisotopic (exact) mass is 356 g/mol. The largest absolute Gasteiger partial charge is 0.348 e. The van der Waals surface area contributed by atoms with Crippen molar-refractivity contribution in [3.8, 4) is 0 Å². The van der Waals surface area contributed by atoms with Gasteiger partial charge in [0.1, 0.15) is 6.04 Å². The first-order valence-electron chi connectivity index (χ1n) is 7.91. The summed E-state index contributed by atoms with van der Waals surface area (Å²) in [7, 11) is 0. The van der Waals surface area contributed by atoms with Crippen LogP contribution in [0.25, 0.3) is 0 Å². The van der Waals surface area contributed by atoms with Gasteiger partial charge < -0.3 is 10.6 Å². The number of carbonyl (C=O) groups excluding carboxylic acids is 2. The lowest BCUT2D eigenvalue weighted by molar-refractivity contribution is -0.129. The number of benzene rings is 1. The highest BCUT2D eigenvalue weighted by atomic mass is 35.5. The van der Waals surface area contributed by atoms with Crippen molar-refractivity contribution in [1.29, 1.82) is 0 Å². The molecule has 2 N–H and O–H groups in total. The van der Waals surface area contributed by atoms with Crippen LogP contribution in [0.3, 0.4) is 0 Å². The van der Waals surface area contributed by atoms with Crippen LogP contribution in [-0.4, -0.2) is 17.9 Å². The summed E-state index contributed by atoms with van der Waals surface area (Å²) in [5, 5.41) is 6.71. The lowest BCUT2D eigenvalue weighted by atomic mass is 9.96. The van der Waals surface area contributed by atoms with Crippen molar-refractivity contribution in [3.05, 3.63) is 33.8 Å². The maximum absolute atomic E-state index is 12.6. The maximum atomic E-state index is 12.6. The summed E-state index contributed by atoms with van der Waals surface area (Å²) in [4.78, 5) is 24.0. The molecule has 0 aromatic heterocycles. The maximum Gasteiger partial charge on any atom is 0.243 e. The fourth-order valence-electron chi connectivity index (χ4n) is 3.08. The third-order valence-electron chi connectivity index (χ3n) is 4.31. The van der Waals surface area contributed by atoms with Crippen LogP contribution in [0.1, 0.15) is 51.1 Å². The van der Waals surface area contributed by atoms with E-state index in [1.54, 1.807) is 12.1 Å². The molecule has 0 aliphatic heterocycles. The first-order chi connectivity index (χ1) is 10.9. The molecular formula is C17H22Cl2N2O2. The van der Waals surface area contributed by atoms with Crippen LogP contribution in [0.4, 0.5) is 0 Å². The van der Waals surface area contributed by atoms with Crippen LogP contribution in [0.5, 0.6) is 0 Å². The number of amides is 2. The Hall–Kier alpha value is -1.26. The molecule has 1 fully saturated rings. The van der Waals surface area contributed by atoms with Crippen LogP contribution < -0.4 is 10.6 Å². The summed E-state index contributed by atoms with van der Waals surface area (Å²) in [6.07, 6.45) is 4.16. The molecule has 2 atom stereocenters. The Labute approximate surface area is 146 Å². The third kappa shape index (κ3) is 4.85. The minimum atomic E-state index is -0.472. The number of carbonyl (C=O) groups is 2. The number of hydrogen-bond acceptors (Lipinski definition) is 2. The minimum Gasteiger partial charge on any atom is -0.348 e. The predicted molar refractivity (Wildman–Crippen MR) is 92.6 cm³/mol. The van der Waals surface area contributed by atoms with E-state index in [9.17, 15) is 9.59 Å². The first-order valence-corrected chi connectivity index (χ1v) is 8.66. The van der Waals surface area contributed by atoms with Gasteiger partial charge in [-0.2, -0.15) is 0 Å². The van der Waals surface area contributed by atoms with E-state index < -0.39 is 6.04 Å². The van der Waals surface area contributed by atoms with Gasteiger partial charge in [-0.15, -0.1) is 0 Å². The highest BCUT2D eigenvalue weighted by Gasteiger charge is 2.31. The average molecular weight is 357 g/mol. The molecule has 126 valence electrons. The first kappa shape index (κ1) is 18.1. The zero-order valence-corrected chi connectivity index (χ0v) is 14.9. The van der Waals surface area contributed by atoms with E-state index in [-0.39, 0.29) is 23.8 Å². The van der Waals surface area contributed by atoms with Crippen LogP contribution >= 0.6 is 23.2 Å². The lowest BCUT2D eigenvalue weighted by Crippen LogP contribution is -2.50. The zero-order valence-electron chi connectivity index (χ0n) is 13.4. The average Bonchev–Trinajstić information content (AvgIpc) is 3.01. The fourth-order valence-corrected chi connectivity index (χ4v) is 3.38. The van der Waals surface area contributed by atoms with Crippen molar-refractivity contribution in [2.75, 3.05) is 0 Å². The molecule has 2 amide bonds. The highest BCUT2D eigenvalue weighted by molar-refractivity contribution is 6.42. The fraction of sp³-hybridized carbons (Fsp3) is 0.529. The Kier molecular flexibility index (Phi) is 6.31. The predicted octanol–water partition coefficient (Wildman–Crippen LogP) is 3.87.